The summed E-state index contributed by atoms with van der Waals surface area (Å²) in [4.78, 5) is 16.7. The summed E-state index contributed by atoms with van der Waals surface area (Å²) in [6.07, 6.45) is 0.813. The van der Waals surface area contributed by atoms with Gasteiger partial charge in [0.15, 0.2) is 0 Å². The van der Waals surface area contributed by atoms with Gasteiger partial charge in [-0.15, -0.1) is 11.3 Å². The molecule has 3 aromatic rings. The van der Waals surface area contributed by atoms with Gasteiger partial charge in [0.1, 0.15) is 11.1 Å². The van der Waals surface area contributed by atoms with Crippen molar-refractivity contribution in [2.45, 2.75) is 18.4 Å². The summed E-state index contributed by atoms with van der Waals surface area (Å²) in [5.41, 5.74) is 3.43. The molecule has 0 saturated heterocycles. The van der Waals surface area contributed by atoms with Gasteiger partial charge in [0.25, 0.3) is 0 Å². The zero-order valence-corrected chi connectivity index (χ0v) is 18.4. The smallest absolute Gasteiger partial charge is 0.302 e. The number of ether oxygens (including phenoxy) is 1. The zero-order chi connectivity index (χ0) is 20.5. The first kappa shape index (κ1) is 21.4. The summed E-state index contributed by atoms with van der Waals surface area (Å²) in [5, 5.41) is 13.4. The first-order valence-electron chi connectivity index (χ1n) is 9.07. The summed E-state index contributed by atoms with van der Waals surface area (Å²) in [7, 11) is 0. The van der Waals surface area contributed by atoms with Crippen LogP contribution in [0.15, 0.2) is 58.9 Å². The van der Waals surface area contributed by atoms with Crippen LogP contribution in [0.25, 0.3) is 21.7 Å². The van der Waals surface area contributed by atoms with Crippen LogP contribution in [0.1, 0.15) is 18.9 Å². The molecule has 0 N–H and O–H groups in total. The second-order valence-electron chi connectivity index (χ2n) is 6.05. The highest BCUT2D eigenvalue weighted by molar-refractivity contribution is 8.16. The molecule has 0 atom stereocenters. The highest BCUT2D eigenvalue weighted by Gasteiger charge is 2.16. The Morgan fingerprint density at radius 1 is 1.24 bits per heavy atom. The van der Waals surface area contributed by atoms with Crippen LogP contribution >= 0.6 is 34.9 Å². The van der Waals surface area contributed by atoms with Gasteiger partial charge >= 0.3 is 5.97 Å². The molecule has 0 amide bonds. The van der Waals surface area contributed by atoms with E-state index in [1.807, 2.05) is 53.9 Å². The number of carbonyl (C=O) groups excluding carboxylic acids is 1. The van der Waals surface area contributed by atoms with E-state index in [1.165, 1.54) is 6.92 Å². The summed E-state index contributed by atoms with van der Waals surface area (Å²) in [6.45, 7) is 1.86. The van der Waals surface area contributed by atoms with Gasteiger partial charge in [0, 0.05) is 17.6 Å². The lowest BCUT2D eigenvalue weighted by molar-refractivity contribution is -0.140. The van der Waals surface area contributed by atoms with Crippen LogP contribution in [0.4, 0.5) is 0 Å². The first-order chi connectivity index (χ1) is 14.2. The summed E-state index contributed by atoms with van der Waals surface area (Å²) >= 11 is 4.97. The van der Waals surface area contributed by atoms with Gasteiger partial charge in [-0.3, -0.25) is 4.79 Å². The minimum atomic E-state index is -0.244. The van der Waals surface area contributed by atoms with Crippen LogP contribution < -0.4 is 0 Å². The van der Waals surface area contributed by atoms with Crippen molar-refractivity contribution < 1.29 is 9.53 Å². The Kier molecular flexibility index (Phi) is 8.17. The minimum Gasteiger partial charge on any atom is -0.466 e. The maximum Gasteiger partial charge on any atom is 0.302 e. The van der Waals surface area contributed by atoms with Gasteiger partial charge in [-0.2, -0.15) is 17.0 Å². The number of carbonyl (C=O) groups is 1. The predicted octanol–water partition coefficient (Wildman–Crippen LogP) is 6.08. The molecule has 0 saturated carbocycles. The average Bonchev–Trinajstić information content (AvgIpc) is 3.28. The fourth-order valence-corrected chi connectivity index (χ4v) is 5.39. The third kappa shape index (κ3) is 6.10. The fourth-order valence-electron chi connectivity index (χ4n) is 2.66. The van der Waals surface area contributed by atoms with Crippen LogP contribution in [-0.2, 0) is 9.53 Å². The molecule has 1 aromatic carbocycles. The normalized spacial score (nSPS) is 10.5. The molecular weight excluding hydrogens is 420 g/mol. The van der Waals surface area contributed by atoms with Gasteiger partial charge in [-0.05, 0) is 35.2 Å². The summed E-state index contributed by atoms with van der Waals surface area (Å²) in [5.74, 6) is 0.643. The van der Waals surface area contributed by atoms with E-state index in [4.69, 9.17) is 9.72 Å². The van der Waals surface area contributed by atoms with E-state index in [1.54, 1.807) is 34.9 Å². The number of pyridine rings is 1. The number of nitrogens with zero attached hydrogens (tertiary/aromatic N) is 2. The quantitative estimate of drug-likeness (QED) is 0.174. The Labute approximate surface area is 183 Å². The first-order valence-corrected chi connectivity index (χ1v) is 12.1. The predicted molar refractivity (Wildman–Crippen MR) is 122 cm³/mol. The van der Waals surface area contributed by atoms with Crippen molar-refractivity contribution in [3.63, 3.8) is 0 Å². The molecule has 0 spiro atoms. The minimum absolute atomic E-state index is 0.244. The number of esters is 1. The van der Waals surface area contributed by atoms with Gasteiger partial charge in [0.2, 0.25) is 0 Å². The monoisotopic (exact) mass is 440 g/mol. The third-order valence-electron chi connectivity index (χ3n) is 3.97. The lowest BCUT2D eigenvalue weighted by Gasteiger charge is -2.12. The standard InChI is InChI=1S/C22H20N2O2S3/c1-16(25)26-10-6-11-27-15-29-22-19(14-23)18(17-7-3-2-4-8-17)13-20(24-22)21-9-5-12-28-21/h2-5,7-9,12-13H,6,10-11,15H2,1H3. The van der Waals surface area contributed by atoms with E-state index in [-0.39, 0.29) is 5.97 Å². The Hall–Kier alpha value is -2.27. The number of thiophene rings is 1. The Morgan fingerprint density at radius 3 is 2.76 bits per heavy atom. The van der Waals surface area contributed by atoms with E-state index in [0.29, 0.717) is 12.2 Å². The Balaban J connectivity index is 1.79. The molecule has 4 nitrogen and oxygen atoms in total. The van der Waals surface area contributed by atoms with Crippen molar-refractivity contribution in [1.29, 1.82) is 5.26 Å². The van der Waals surface area contributed by atoms with Crippen molar-refractivity contribution in [3.8, 4) is 27.8 Å². The molecular formula is C22H20N2O2S3. The fraction of sp³-hybridized carbons (Fsp3) is 0.227. The molecule has 0 unspecified atom stereocenters. The Bertz CT molecular complexity index is 983. The third-order valence-corrected chi connectivity index (χ3v) is 7.15. The second-order valence-corrected chi connectivity index (χ2v) is 9.44. The van der Waals surface area contributed by atoms with Crippen molar-refractivity contribution in [3.05, 3.63) is 59.5 Å². The van der Waals surface area contributed by atoms with Gasteiger partial charge in [-0.25, -0.2) is 4.98 Å². The molecule has 0 aliphatic rings. The molecule has 0 aliphatic carbocycles. The Morgan fingerprint density at radius 2 is 2.07 bits per heavy atom. The van der Waals surface area contributed by atoms with Crippen molar-refractivity contribution in [1.82, 2.24) is 4.98 Å². The summed E-state index contributed by atoms with van der Waals surface area (Å²) < 4.78 is 4.95. The summed E-state index contributed by atoms with van der Waals surface area (Å²) in [6, 6.07) is 18.4. The van der Waals surface area contributed by atoms with Gasteiger partial charge < -0.3 is 4.74 Å². The number of rotatable bonds is 9. The van der Waals surface area contributed by atoms with E-state index >= 15 is 0 Å². The maximum absolute atomic E-state index is 10.8. The average molecular weight is 441 g/mol. The molecule has 0 fully saturated rings. The largest absolute Gasteiger partial charge is 0.466 e. The number of thioether (sulfide) groups is 2. The molecule has 29 heavy (non-hydrogen) atoms. The van der Waals surface area contributed by atoms with Crippen LogP contribution in [-0.4, -0.2) is 28.4 Å². The lowest BCUT2D eigenvalue weighted by Crippen LogP contribution is -2.01. The molecule has 0 aliphatic heterocycles. The number of hydrogen-bond donors (Lipinski definition) is 0. The number of aromatic nitrogens is 1. The lowest BCUT2D eigenvalue weighted by atomic mass is 10.0. The molecule has 148 valence electrons. The SMILES string of the molecule is CC(=O)OCCCSCSc1nc(-c2cccs2)cc(-c2ccccc2)c1C#N. The molecule has 2 aromatic heterocycles. The molecule has 0 bridgehead atoms. The molecule has 2 heterocycles. The van der Waals surface area contributed by atoms with Crippen molar-refractivity contribution in [2.75, 3.05) is 17.4 Å². The number of benzene rings is 1. The van der Waals surface area contributed by atoms with Gasteiger partial charge in [0.05, 0.1) is 22.7 Å². The highest BCUT2D eigenvalue weighted by atomic mass is 32.2. The zero-order valence-electron chi connectivity index (χ0n) is 16.0. The topological polar surface area (TPSA) is 63.0 Å². The number of nitriles is 1. The second kappa shape index (κ2) is 11.1. The maximum atomic E-state index is 10.8. The van der Waals surface area contributed by atoms with E-state index in [9.17, 15) is 10.1 Å². The number of hydrogen-bond acceptors (Lipinski definition) is 7. The van der Waals surface area contributed by atoms with E-state index < -0.39 is 0 Å². The molecule has 0 radical (unpaired) electrons. The molecule has 3 rings (SSSR count). The van der Waals surface area contributed by atoms with Crippen molar-refractivity contribution in [2.24, 2.45) is 0 Å². The van der Waals surface area contributed by atoms with Crippen LogP contribution in [0.2, 0.25) is 0 Å². The highest BCUT2D eigenvalue weighted by Crippen LogP contribution is 2.36. The van der Waals surface area contributed by atoms with Crippen LogP contribution in [0.3, 0.4) is 0 Å². The van der Waals surface area contributed by atoms with Gasteiger partial charge in [-0.1, -0.05) is 48.2 Å². The van der Waals surface area contributed by atoms with E-state index in [2.05, 4.69) is 6.07 Å². The van der Waals surface area contributed by atoms with E-state index in [0.717, 1.165) is 44.0 Å². The van der Waals surface area contributed by atoms with Crippen LogP contribution in [0.5, 0.6) is 0 Å². The molecule has 7 heteroatoms. The van der Waals surface area contributed by atoms with Crippen LogP contribution in [0, 0.1) is 11.3 Å². The van der Waals surface area contributed by atoms with Crippen molar-refractivity contribution >= 4 is 40.8 Å².